The predicted octanol–water partition coefficient (Wildman–Crippen LogP) is 4.65. The Balaban J connectivity index is 1.78. The van der Waals surface area contributed by atoms with Gasteiger partial charge in [-0.15, -0.1) is 0 Å². The number of carbonyl (C=O) groups is 2. The molecule has 37 heavy (non-hydrogen) atoms. The third kappa shape index (κ3) is 7.63. The molecule has 0 aliphatic carbocycles. The SMILES string of the molecule is CS(=O)(=O)c1cccc(C[C@H](NC(=O)c2c(Cl)cc(/C=C/[P+](=O)c3ccc(O)cc3)cc2Cl)C(=O)O)c1. The van der Waals surface area contributed by atoms with Crippen molar-refractivity contribution in [2.24, 2.45) is 0 Å². The molecule has 0 aliphatic rings. The molecular weight excluding hydrogens is 560 g/mol. The Morgan fingerprint density at radius 2 is 1.68 bits per heavy atom. The monoisotopic (exact) mass is 580 g/mol. The Kier molecular flexibility index (Phi) is 9.10. The Morgan fingerprint density at radius 3 is 2.24 bits per heavy atom. The highest BCUT2D eigenvalue weighted by Gasteiger charge is 2.25. The van der Waals surface area contributed by atoms with Crippen LogP contribution in [0, 0.1) is 0 Å². The van der Waals surface area contributed by atoms with E-state index in [9.17, 15) is 32.8 Å². The highest BCUT2D eigenvalue weighted by atomic mass is 35.5. The Hall–Kier alpha value is -3.23. The van der Waals surface area contributed by atoms with Crippen molar-refractivity contribution >= 4 is 64.1 Å². The van der Waals surface area contributed by atoms with Crippen molar-refractivity contribution in [1.29, 1.82) is 0 Å². The minimum Gasteiger partial charge on any atom is -0.508 e. The summed E-state index contributed by atoms with van der Waals surface area (Å²) in [6.45, 7) is 0. The largest absolute Gasteiger partial charge is 0.508 e. The fraction of sp³-hybridized carbons (Fsp3) is 0.120. The molecule has 0 heterocycles. The molecule has 0 saturated carbocycles. The zero-order valence-corrected chi connectivity index (χ0v) is 22.5. The first-order valence-corrected chi connectivity index (χ1v) is 14.6. The maximum atomic E-state index is 12.9. The Bertz CT molecular complexity index is 1480. The van der Waals surface area contributed by atoms with E-state index >= 15 is 0 Å². The molecule has 3 aromatic rings. The molecule has 1 unspecified atom stereocenters. The molecule has 0 radical (unpaired) electrons. The summed E-state index contributed by atoms with van der Waals surface area (Å²) >= 11 is 12.6. The summed E-state index contributed by atoms with van der Waals surface area (Å²) in [7, 11) is -5.41. The van der Waals surface area contributed by atoms with E-state index in [1.54, 1.807) is 6.07 Å². The van der Waals surface area contributed by atoms with Gasteiger partial charge in [0, 0.05) is 12.7 Å². The number of carboxylic acids is 1. The molecule has 3 rings (SSSR count). The molecule has 3 N–H and O–H groups in total. The number of rotatable bonds is 9. The molecule has 0 spiro atoms. The smallest absolute Gasteiger partial charge is 0.407 e. The lowest BCUT2D eigenvalue weighted by molar-refractivity contribution is -0.139. The molecule has 8 nitrogen and oxygen atoms in total. The van der Waals surface area contributed by atoms with Crippen molar-refractivity contribution in [3.8, 4) is 5.75 Å². The predicted molar refractivity (Wildman–Crippen MR) is 143 cm³/mol. The molecule has 3 aromatic carbocycles. The van der Waals surface area contributed by atoms with Crippen LogP contribution in [0.1, 0.15) is 21.5 Å². The second kappa shape index (κ2) is 11.9. The van der Waals surface area contributed by atoms with Crippen molar-refractivity contribution in [1.82, 2.24) is 5.32 Å². The van der Waals surface area contributed by atoms with E-state index in [0.29, 0.717) is 16.4 Å². The van der Waals surface area contributed by atoms with Crippen LogP contribution in [0.2, 0.25) is 10.0 Å². The first kappa shape index (κ1) is 28.3. The summed E-state index contributed by atoms with van der Waals surface area (Å²) < 4.78 is 36.0. The van der Waals surface area contributed by atoms with Gasteiger partial charge >= 0.3 is 13.8 Å². The molecule has 1 amide bonds. The van der Waals surface area contributed by atoms with Gasteiger partial charge in [0.25, 0.3) is 5.91 Å². The fourth-order valence-corrected chi connectivity index (χ4v) is 5.60. The van der Waals surface area contributed by atoms with E-state index in [4.69, 9.17) is 23.2 Å². The number of benzene rings is 3. The van der Waals surface area contributed by atoms with Crippen molar-refractivity contribution in [2.75, 3.05) is 6.26 Å². The van der Waals surface area contributed by atoms with Gasteiger partial charge in [-0.2, -0.15) is 0 Å². The molecule has 0 fully saturated rings. The van der Waals surface area contributed by atoms with Crippen molar-refractivity contribution in [3.63, 3.8) is 0 Å². The number of hydrogen-bond donors (Lipinski definition) is 3. The second-order valence-electron chi connectivity index (χ2n) is 8.01. The summed E-state index contributed by atoms with van der Waals surface area (Å²) in [5.41, 5.74) is 0.719. The fourth-order valence-electron chi connectivity index (χ4n) is 3.31. The maximum absolute atomic E-state index is 12.9. The molecule has 12 heteroatoms. The normalized spacial score (nSPS) is 12.8. The first-order chi connectivity index (χ1) is 17.3. The van der Waals surface area contributed by atoms with Crippen LogP contribution in [0.5, 0.6) is 5.75 Å². The van der Waals surface area contributed by atoms with Crippen LogP contribution in [-0.2, 0) is 25.6 Å². The van der Waals surface area contributed by atoms with Crippen LogP contribution in [0.15, 0.2) is 71.4 Å². The van der Waals surface area contributed by atoms with Crippen LogP contribution in [0.3, 0.4) is 0 Å². The number of aromatic hydroxyl groups is 1. The summed E-state index contributed by atoms with van der Waals surface area (Å²) in [6, 6.07) is 13.1. The van der Waals surface area contributed by atoms with Gasteiger partial charge in [-0.05, 0) is 65.7 Å². The van der Waals surface area contributed by atoms with E-state index in [1.165, 1.54) is 66.5 Å². The van der Waals surface area contributed by atoms with Crippen LogP contribution in [0.4, 0.5) is 0 Å². The van der Waals surface area contributed by atoms with Crippen molar-refractivity contribution in [2.45, 2.75) is 17.4 Å². The zero-order valence-electron chi connectivity index (χ0n) is 19.3. The number of sulfone groups is 1. The molecule has 0 saturated heterocycles. The van der Waals surface area contributed by atoms with E-state index in [1.807, 2.05) is 0 Å². The van der Waals surface area contributed by atoms with Gasteiger partial charge in [-0.3, -0.25) is 4.79 Å². The van der Waals surface area contributed by atoms with Crippen LogP contribution in [-0.4, -0.2) is 42.8 Å². The molecule has 0 bridgehead atoms. The van der Waals surface area contributed by atoms with Crippen LogP contribution in [0.25, 0.3) is 6.08 Å². The lowest BCUT2D eigenvalue weighted by Gasteiger charge is -2.16. The van der Waals surface area contributed by atoms with E-state index in [0.717, 1.165) is 6.26 Å². The van der Waals surface area contributed by atoms with Crippen molar-refractivity contribution in [3.05, 3.63) is 93.2 Å². The van der Waals surface area contributed by atoms with Crippen LogP contribution >= 0.6 is 31.0 Å². The number of carbonyl (C=O) groups excluding carboxylic acids is 1. The van der Waals surface area contributed by atoms with Gasteiger partial charge in [-0.25, -0.2) is 13.2 Å². The lowest BCUT2D eigenvalue weighted by Crippen LogP contribution is -2.42. The second-order valence-corrected chi connectivity index (χ2v) is 12.3. The topological polar surface area (TPSA) is 138 Å². The van der Waals surface area contributed by atoms with Gasteiger partial charge in [0.1, 0.15) is 11.8 Å². The quantitative estimate of drug-likeness (QED) is 0.313. The molecular formula is C25H21Cl2NO7PS+. The summed E-state index contributed by atoms with van der Waals surface area (Å²) in [5, 5.41) is 21.7. The summed E-state index contributed by atoms with van der Waals surface area (Å²) in [4.78, 5) is 24.7. The standard InChI is InChI=1S/C25H20Cl2NO7PS/c1-37(34,35)19-4-2-3-15(11-19)14-22(25(31)32)28-24(30)23-20(26)12-16(13-21(23)27)9-10-36(33)18-7-5-17(29)6-8-18/h2-13,22H,14H2,1H3,(H2-,28,29,30,31,32,33)/p+1/b10-9+/t22-/m0/s1. The van der Waals surface area contributed by atoms with Gasteiger partial charge in [-0.1, -0.05) is 39.9 Å². The summed E-state index contributed by atoms with van der Waals surface area (Å²) in [6.07, 6.45) is 2.38. The number of halogens is 2. The highest BCUT2D eigenvalue weighted by molar-refractivity contribution is 7.90. The molecule has 0 aliphatic heterocycles. The van der Waals surface area contributed by atoms with Gasteiger partial charge in [0.15, 0.2) is 21.0 Å². The number of nitrogens with one attached hydrogen (secondary N) is 1. The van der Waals surface area contributed by atoms with Gasteiger partial charge < -0.3 is 15.5 Å². The van der Waals surface area contributed by atoms with Gasteiger partial charge in [0.05, 0.1) is 20.5 Å². The molecule has 0 aromatic heterocycles. The van der Waals surface area contributed by atoms with Crippen LogP contribution < -0.4 is 10.6 Å². The van der Waals surface area contributed by atoms with Gasteiger partial charge in [0.2, 0.25) is 0 Å². The Morgan fingerprint density at radius 1 is 1.05 bits per heavy atom. The van der Waals surface area contributed by atoms with E-state index in [2.05, 4.69) is 5.32 Å². The number of carboxylic acid groups (broad SMARTS) is 1. The molecule has 2 atom stereocenters. The third-order valence-corrected chi connectivity index (χ3v) is 8.10. The third-order valence-electron chi connectivity index (χ3n) is 5.17. The number of aliphatic carboxylic acids is 1. The maximum Gasteiger partial charge on any atom is 0.407 e. The van der Waals surface area contributed by atoms with E-state index < -0.39 is 35.6 Å². The van der Waals surface area contributed by atoms with E-state index in [-0.39, 0.29) is 32.7 Å². The number of phenolic OH excluding ortho intramolecular Hbond substituents is 1. The summed E-state index contributed by atoms with van der Waals surface area (Å²) in [5.74, 6) is -0.680. The lowest BCUT2D eigenvalue weighted by atomic mass is 10.0. The minimum absolute atomic E-state index is 0.0300. The highest BCUT2D eigenvalue weighted by Crippen LogP contribution is 2.30. The molecule has 192 valence electrons. The number of amides is 1. The minimum atomic E-state index is -3.49. The Labute approximate surface area is 224 Å². The first-order valence-electron chi connectivity index (χ1n) is 10.6. The zero-order chi connectivity index (χ0) is 27.3. The number of hydrogen-bond acceptors (Lipinski definition) is 6. The average Bonchev–Trinajstić information content (AvgIpc) is 2.81. The average molecular weight is 581 g/mol. The van der Waals surface area contributed by atoms with Crippen molar-refractivity contribution < 1.29 is 32.8 Å². The number of phenols is 1.